The molecular formula is C12H13FN2S. The summed E-state index contributed by atoms with van der Waals surface area (Å²) >= 11 is 1.69. The summed E-state index contributed by atoms with van der Waals surface area (Å²) in [6.45, 7) is 4.02. The van der Waals surface area contributed by atoms with Gasteiger partial charge in [-0.3, -0.25) is 0 Å². The molecule has 1 N–H and O–H groups in total. The van der Waals surface area contributed by atoms with Crippen molar-refractivity contribution in [3.05, 3.63) is 29.4 Å². The molecule has 16 heavy (non-hydrogen) atoms. The second kappa shape index (κ2) is 4.03. The number of nitrogens with one attached hydrogen (secondary N) is 1. The molecule has 84 valence electrons. The first-order valence-corrected chi connectivity index (χ1v) is 6.35. The van der Waals surface area contributed by atoms with Crippen LogP contribution < -0.4 is 10.2 Å². The molecule has 0 radical (unpaired) electrons. The molecule has 1 aromatic carbocycles. The normalized spacial score (nSPS) is 16.9. The summed E-state index contributed by atoms with van der Waals surface area (Å²) in [6.07, 6.45) is 0. The van der Waals surface area contributed by atoms with E-state index in [0.717, 1.165) is 36.3 Å². The number of anilines is 1. The Kier molecular flexibility index (Phi) is 2.53. The number of piperazine rings is 1. The summed E-state index contributed by atoms with van der Waals surface area (Å²) in [4.78, 5) is 2.33. The Morgan fingerprint density at radius 2 is 2.06 bits per heavy atom. The maximum Gasteiger partial charge on any atom is 0.123 e. The second-order valence-corrected chi connectivity index (χ2v) is 4.91. The number of benzene rings is 1. The lowest BCUT2D eigenvalue weighted by atomic mass is 10.2. The topological polar surface area (TPSA) is 15.3 Å². The molecular weight excluding hydrogens is 223 g/mol. The van der Waals surface area contributed by atoms with Gasteiger partial charge in [-0.1, -0.05) is 0 Å². The summed E-state index contributed by atoms with van der Waals surface area (Å²) in [5.74, 6) is -0.151. The van der Waals surface area contributed by atoms with Gasteiger partial charge >= 0.3 is 0 Å². The summed E-state index contributed by atoms with van der Waals surface area (Å²) < 4.78 is 14.4. The molecule has 3 rings (SSSR count). The van der Waals surface area contributed by atoms with Gasteiger partial charge in [0.05, 0.1) is 5.69 Å². The van der Waals surface area contributed by atoms with Gasteiger partial charge in [0.15, 0.2) is 0 Å². The van der Waals surface area contributed by atoms with E-state index in [2.05, 4.69) is 15.6 Å². The van der Waals surface area contributed by atoms with Gasteiger partial charge in [0.1, 0.15) is 5.82 Å². The van der Waals surface area contributed by atoms with Crippen LogP contribution >= 0.6 is 11.3 Å². The van der Waals surface area contributed by atoms with Crippen LogP contribution in [0.2, 0.25) is 0 Å². The van der Waals surface area contributed by atoms with Crippen molar-refractivity contribution in [2.24, 2.45) is 0 Å². The lowest BCUT2D eigenvalue weighted by Crippen LogP contribution is -2.43. The molecule has 1 aliphatic rings. The summed E-state index contributed by atoms with van der Waals surface area (Å²) in [5.41, 5.74) is 1.18. The third-order valence-electron chi connectivity index (χ3n) is 2.97. The zero-order valence-corrected chi connectivity index (χ0v) is 9.69. The molecule has 2 nitrogen and oxygen atoms in total. The molecule has 2 aromatic rings. The third-order valence-corrected chi connectivity index (χ3v) is 3.92. The summed E-state index contributed by atoms with van der Waals surface area (Å²) in [6, 6.07) is 5.03. The molecule has 0 amide bonds. The number of rotatable bonds is 1. The van der Waals surface area contributed by atoms with Crippen molar-refractivity contribution in [3.63, 3.8) is 0 Å². The SMILES string of the molecule is Fc1ccc2scc(N3CCNCC3)c2c1. The van der Waals surface area contributed by atoms with Crippen LogP contribution in [0.25, 0.3) is 10.1 Å². The van der Waals surface area contributed by atoms with Gasteiger partial charge in [0, 0.05) is 41.6 Å². The van der Waals surface area contributed by atoms with Gasteiger partial charge < -0.3 is 10.2 Å². The zero-order valence-electron chi connectivity index (χ0n) is 8.87. The predicted molar refractivity (Wildman–Crippen MR) is 66.9 cm³/mol. The van der Waals surface area contributed by atoms with Crippen LogP contribution in [0.4, 0.5) is 10.1 Å². The zero-order chi connectivity index (χ0) is 11.0. The van der Waals surface area contributed by atoms with Crippen molar-refractivity contribution >= 4 is 27.1 Å². The van der Waals surface area contributed by atoms with E-state index in [9.17, 15) is 4.39 Å². The van der Waals surface area contributed by atoms with Gasteiger partial charge in [-0.05, 0) is 18.2 Å². The Morgan fingerprint density at radius 1 is 1.25 bits per heavy atom. The number of nitrogens with zero attached hydrogens (tertiary/aromatic N) is 1. The van der Waals surface area contributed by atoms with Crippen molar-refractivity contribution in [2.45, 2.75) is 0 Å². The van der Waals surface area contributed by atoms with Crippen LogP contribution in [0.1, 0.15) is 0 Å². The Bertz CT molecular complexity index is 503. The quantitative estimate of drug-likeness (QED) is 0.818. The van der Waals surface area contributed by atoms with Crippen LogP contribution in [-0.2, 0) is 0 Å². The Hall–Kier alpha value is -1.13. The fourth-order valence-electron chi connectivity index (χ4n) is 2.14. The number of hydrogen-bond acceptors (Lipinski definition) is 3. The standard InChI is InChI=1S/C12H13FN2S/c13-9-1-2-12-10(7-9)11(8-16-12)15-5-3-14-4-6-15/h1-2,7-8,14H,3-6H2. The fraction of sp³-hybridized carbons (Fsp3) is 0.333. The van der Waals surface area contributed by atoms with E-state index in [1.54, 1.807) is 17.4 Å². The molecule has 0 atom stereocenters. The smallest absolute Gasteiger partial charge is 0.123 e. The highest BCUT2D eigenvalue weighted by Crippen LogP contribution is 2.33. The highest BCUT2D eigenvalue weighted by Gasteiger charge is 2.14. The number of hydrogen-bond donors (Lipinski definition) is 1. The minimum atomic E-state index is -0.151. The predicted octanol–water partition coefficient (Wildman–Crippen LogP) is 2.45. The first-order chi connectivity index (χ1) is 7.84. The highest BCUT2D eigenvalue weighted by molar-refractivity contribution is 7.17. The van der Waals surface area contributed by atoms with Crippen molar-refractivity contribution in [1.82, 2.24) is 5.32 Å². The monoisotopic (exact) mass is 236 g/mol. The van der Waals surface area contributed by atoms with Crippen LogP contribution in [-0.4, -0.2) is 26.2 Å². The Labute approximate surface area is 97.7 Å². The lowest BCUT2D eigenvalue weighted by molar-refractivity contribution is 0.590. The summed E-state index contributed by atoms with van der Waals surface area (Å²) in [5, 5.41) is 6.51. The number of fused-ring (bicyclic) bond motifs is 1. The molecule has 0 bridgehead atoms. The number of halogens is 1. The lowest BCUT2D eigenvalue weighted by Gasteiger charge is -2.28. The van der Waals surface area contributed by atoms with Crippen LogP contribution in [0, 0.1) is 5.82 Å². The molecule has 0 unspecified atom stereocenters. The maximum absolute atomic E-state index is 13.2. The van der Waals surface area contributed by atoms with Gasteiger partial charge in [-0.15, -0.1) is 11.3 Å². The van der Waals surface area contributed by atoms with Crippen LogP contribution in [0.3, 0.4) is 0 Å². The molecule has 0 aliphatic carbocycles. The molecule has 4 heteroatoms. The molecule has 1 saturated heterocycles. The van der Waals surface area contributed by atoms with Gasteiger partial charge in [0.25, 0.3) is 0 Å². The molecule has 2 heterocycles. The largest absolute Gasteiger partial charge is 0.368 e. The van der Waals surface area contributed by atoms with Crippen LogP contribution in [0.5, 0.6) is 0 Å². The van der Waals surface area contributed by atoms with Crippen molar-refractivity contribution in [3.8, 4) is 0 Å². The van der Waals surface area contributed by atoms with Crippen LogP contribution in [0.15, 0.2) is 23.6 Å². The first kappa shape index (κ1) is 10.1. The average molecular weight is 236 g/mol. The third kappa shape index (κ3) is 1.68. The van der Waals surface area contributed by atoms with Gasteiger partial charge in [0.2, 0.25) is 0 Å². The minimum absolute atomic E-state index is 0.151. The summed E-state index contributed by atoms with van der Waals surface area (Å²) in [7, 11) is 0. The van der Waals surface area contributed by atoms with Crippen molar-refractivity contribution < 1.29 is 4.39 Å². The fourth-order valence-corrected chi connectivity index (χ4v) is 3.09. The Balaban J connectivity index is 2.05. The molecule has 1 aromatic heterocycles. The van der Waals surface area contributed by atoms with E-state index in [1.165, 1.54) is 11.8 Å². The minimum Gasteiger partial charge on any atom is -0.368 e. The number of thiophene rings is 1. The van der Waals surface area contributed by atoms with Gasteiger partial charge in [-0.25, -0.2) is 4.39 Å². The van der Waals surface area contributed by atoms with E-state index >= 15 is 0 Å². The molecule has 1 aliphatic heterocycles. The van der Waals surface area contributed by atoms with E-state index in [-0.39, 0.29) is 5.82 Å². The van der Waals surface area contributed by atoms with E-state index in [0.29, 0.717) is 0 Å². The molecule has 1 fully saturated rings. The maximum atomic E-state index is 13.2. The van der Waals surface area contributed by atoms with E-state index in [1.807, 2.05) is 6.07 Å². The highest BCUT2D eigenvalue weighted by atomic mass is 32.1. The molecule has 0 spiro atoms. The average Bonchev–Trinajstić information content (AvgIpc) is 2.73. The molecule has 0 saturated carbocycles. The van der Waals surface area contributed by atoms with Crippen molar-refractivity contribution in [2.75, 3.05) is 31.1 Å². The van der Waals surface area contributed by atoms with Crippen molar-refractivity contribution in [1.29, 1.82) is 0 Å². The second-order valence-electron chi connectivity index (χ2n) is 4.00. The Morgan fingerprint density at radius 3 is 2.88 bits per heavy atom. The first-order valence-electron chi connectivity index (χ1n) is 5.47. The van der Waals surface area contributed by atoms with E-state index < -0.39 is 0 Å². The van der Waals surface area contributed by atoms with E-state index in [4.69, 9.17) is 0 Å². The van der Waals surface area contributed by atoms with Gasteiger partial charge in [-0.2, -0.15) is 0 Å².